The highest BCUT2D eigenvalue weighted by Crippen LogP contribution is 2.35. The molecule has 6 nitrogen and oxygen atoms in total. The monoisotopic (exact) mass is 300 g/mol. The van der Waals surface area contributed by atoms with E-state index in [0.717, 1.165) is 0 Å². The normalized spacial score (nSPS) is 13.1. The maximum absolute atomic E-state index is 9.80. The lowest BCUT2D eigenvalue weighted by molar-refractivity contribution is -0.0662. The topological polar surface area (TPSA) is 99.4 Å². The summed E-state index contributed by atoms with van der Waals surface area (Å²) in [6.45, 7) is 4.11. The molecule has 1 aromatic rings. The van der Waals surface area contributed by atoms with Gasteiger partial charge in [-0.15, -0.1) is 0 Å². The highest BCUT2D eigenvalue weighted by molar-refractivity contribution is 5.53. The van der Waals surface area contributed by atoms with Gasteiger partial charge in [0.2, 0.25) is 0 Å². The quantitative estimate of drug-likeness (QED) is 0.585. The molecule has 1 atom stereocenters. The lowest BCUT2D eigenvalue weighted by Crippen LogP contribution is -2.40. The number of hydrogen-bond donors (Lipinski definition) is 4. The van der Waals surface area contributed by atoms with Crippen molar-refractivity contribution in [3.8, 4) is 11.5 Å². The van der Waals surface area contributed by atoms with E-state index >= 15 is 0 Å². The van der Waals surface area contributed by atoms with Gasteiger partial charge in [-0.1, -0.05) is 0 Å². The first-order chi connectivity index (χ1) is 9.76. The van der Waals surface area contributed by atoms with Crippen molar-refractivity contribution in [1.29, 1.82) is 0 Å². The Bertz CT molecular complexity index is 478. The van der Waals surface area contributed by atoms with Crippen LogP contribution in [0.5, 0.6) is 11.5 Å². The molecule has 6 heteroatoms. The minimum absolute atomic E-state index is 0.100. The lowest BCUT2D eigenvalue weighted by Gasteiger charge is -2.25. The zero-order valence-electron chi connectivity index (χ0n) is 12.9. The first-order valence-electron chi connectivity index (χ1n) is 6.70. The summed E-state index contributed by atoms with van der Waals surface area (Å²) >= 11 is 0. The Morgan fingerprint density at radius 1 is 1.24 bits per heavy atom. The van der Waals surface area contributed by atoms with E-state index < -0.39 is 11.7 Å². The third-order valence-corrected chi connectivity index (χ3v) is 3.42. The highest BCUT2D eigenvalue weighted by Gasteiger charge is 2.26. The summed E-state index contributed by atoms with van der Waals surface area (Å²) in [4.78, 5) is 0. The summed E-state index contributed by atoms with van der Waals surface area (Å²) in [6.07, 6.45) is -1.06. The van der Waals surface area contributed by atoms with E-state index in [1.165, 1.54) is 21.0 Å². The Morgan fingerprint density at radius 2 is 1.86 bits per heavy atom. The molecular formula is C15H24O6. The van der Waals surface area contributed by atoms with Gasteiger partial charge in [0.25, 0.3) is 0 Å². The summed E-state index contributed by atoms with van der Waals surface area (Å²) in [7, 11) is 1.47. The maximum Gasteiger partial charge on any atom is 0.131 e. The largest absolute Gasteiger partial charge is 0.496 e. The predicted molar refractivity (Wildman–Crippen MR) is 77.4 cm³/mol. The fourth-order valence-electron chi connectivity index (χ4n) is 1.95. The van der Waals surface area contributed by atoms with Crippen LogP contribution >= 0.6 is 0 Å². The molecule has 0 aliphatic carbocycles. The molecule has 0 bridgehead atoms. The summed E-state index contributed by atoms with van der Waals surface area (Å²) in [5.41, 5.74) is 0.380. The molecule has 1 aromatic carbocycles. The van der Waals surface area contributed by atoms with Crippen LogP contribution < -0.4 is 9.47 Å². The summed E-state index contributed by atoms with van der Waals surface area (Å²) in [5.74, 6) is 0.869. The highest BCUT2D eigenvalue weighted by atomic mass is 16.5. The molecule has 0 fully saturated rings. The van der Waals surface area contributed by atoms with Crippen molar-refractivity contribution in [1.82, 2.24) is 0 Å². The average molecular weight is 300 g/mol. The zero-order valence-corrected chi connectivity index (χ0v) is 12.9. The third kappa shape index (κ3) is 4.07. The second kappa shape index (κ2) is 7.09. The van der Waals surface area contributed by atoms with Gasteiger partial charge in [0, 0.05) is 11.1 Å². The molecule has 0 heterocycles. The lowest BCUT2D eigenvalue weighted by atomic mass is 10.0. The van der Waals surface area contributed by atoms with Crippen LogP contribution in [0.25, 0.3) is 0 Å². The van der Waals surface area contributed by atoms with Crippen LogP contribution in [0.3, 0.4) is 0 Å². The fraction of sp³-hybridized carbons (Fsp3) is 0.600. The van der Waals surface area contributed by atoms with Crippen molar-refractivity contribution < 1.29 is 29.9 Å². The second-order valence-corrected chi connectivity index (χ2v) is 5.47. The Balaban J connectivity index is 3.08. The van der Waals surface area contributed by atoms with Crippen molar-refractivity contribution in [2.75, 3.05) is 13.7 Å². The van der Waals surface area contributed by atoms with E-state index in [1.807, 2.05) is 0 Å². The number of aliphatic hydroxyl groups excluding tert-OH is 3. The van der Waals surface area contributed by atoms with Crippen molar-refractivity contribution in [3.05, 3.63) is 22.8 Å². The average Bonchev–Trinajstić information content (AvgIpc) is 2.43. The van der Waals surface area contributed by atoms with Crippen LogP contribution in [0.15, 0.2) is 6.07 Å². The van der Waals surface area contributed by atoms with E-state index in [1.54, 1.807) is 13.0 Å². The minimum atomic E-state index is -1.27. The van der Waals surface area contributed by atoms with Crippen LogP contribution in [-0.2, 0) is 13.2 Å². The smallest absolute Gasteiger partial charge is 0.131 e. The molecule has 120 valence electrons. The van der Waals surface area contributed by atoms with Gasteiger partial charge in [-0.05, 0) is 32.4 Å². The standard InChI is InChI=1S/C15H24O6/c1-9-12(21-8-13(18)15(2,3)19)5-10(6-16)11(7-17)14(9)20-4/h5,13,16-19H,6-8H2,1-4H3/t13-/m0/s1. The predicted octanol–water partition coefficient (Wildman–Crippen LogP) is 0.499. The summed E-state index contributed by atoms with van der Waals surface area (Å²) in [5, 5.41) is 38.3. The van der Waals surface area contributed by atoms with Crippen molar-refractivity contribution in [2.45, 2.75) is 45.7 Å². The molecule has 0 amide bonds. The zero-order chi connectivity index (χ0) is 16.2. The number of methoxy groups -OCH3 is 1. The van der Waals surface area contributed by atoms with Crippen molar-refractivity contribution in [3.63, 3.8) is 0 Å². The van der Waals surface area contributed by atoms with E-state index in [0.29, 0.717) is 28.2 Å². The van der Waals surface area contributed by atoms with Crippen LogP contribution in [-0.4, -0.2) is 45.8 Å². The maximum atomic E-state index is 9.80. The van der Waals surface area contributed by atoms with Gasteiger partial charge in [0.05, 0.1) is 25.9 Å². The van der Waals surface area contributed by atoms with E-state index in [-0.39, 0.29) is 19.8 Å². The molecule has 21 heavy (non-hydrogen) atoms. The number of ether oxygens (including phenoxy) is 2. The molecule has 0 aliphatic heterocycles. The third-order valence-electron chi connectivity index (χ3n) is 3.42. The van der Waals surface area contributed by atoms with Crippen LogP contribution in [0.2, 0.25) is 0 Å². The molecule has 0 aliphatic rings. The van der Waals surface area contributed by atoms with Gasteiger partial charge in [-0.2, -0.15) is 0 Å². The molecule has 0 saturated carbocycles. The molecule has 1 rings (SSSR count). The van der Waals surface area contributed by atoms with Gasteiger partial charge in [0.15, 0.2) is 0 Å². The molecule has 0 unspecified atom stereocenters. The first-order valence-corrected chi connectivity index (χ1v) is 6.70. The molecule has 0 radical (unpaired) electrons. The first kappa shape index (κ1) is 17.7. The Hall–Kier alpha value is -1.34. The van der Waals surface area contributed by atoms with Gasteiger partial charge in [-0.25, -0.2) is 0 Å². The minimum Gasteiger partial charge on any atom is -0.496 e. The number of benzene rings is 1. The van der Waals surface area contributed by atoms with Crippen molar-refractivity contribution >= 4 is 0 Å². The van der Waals surface area contributed by atoms with Gasteiger partial charge in [0.1, 0.15) is 24.2 Å². The van der Waals surface area contributed by atoms with Gasteiger partial charge >= 0.3 is 0 Å². The summed E-state index contributed by atoms with van der Waals surface area (Å²) in [6, 6.07) is 1.60. The van der Waals surface area contributed by atoms with Gasteiger partial charge in [-0.3, -0.25) is 0 Å². The molecule has 0 saturated heterocycles. The SMILES string of the molecule is COc1c(C)c(OC[C@H](O)C(C)(C)O)cc(CO)c1CO. The molecule has 4 N–H and O–H groups in total. The Kier molecular flexibility index (Phi) is 5.98. The van der Waals surface area contributed by atoms with Gasteiger partial charge < -0.3 is 29.9 Å². The van der Waals surface area contributed by atoms with E-state index in [2.05, 4.69) is 0 Å². The molecular weight excluding hydrogens is 276 g/mol. The molecule has 0 spiro atoms. The van der Waals surface area contributed by atoms with Crippen LogP contribution in [0, 0.1) is 6.92 Å². The van der Waals surface area contributed by atoms with Crippen LogP contribution in [0.4, 0.5) is 0 Å². The second-order valence-electron chi connectivity index (χ2n) is 5.47. The fourth-order valence-corrected chi connectivity index (χ4v) is 1.95. The number of rotatable bonds is 7. The van der Waals surface area contributed by atoms with E-state index in [9.17, 15) is 20.4 Å². The van der Waals surface area contributed by atoms with E-state index in [4.69, 9.17) is 9.47 Å². The summed E-state index contributed by atoms with van der Waals surface area (Å²) < 4.78 is 10.8. The molecule has 0 aromatic heterocycles. The Morgan fingerprint density at radius 3 is 2.29 bits per heavy atom. The number of aliphatic hydroxyl groups is 4. The van der Waals surface area contributed by atoms with Crippen LogP contribution in [0.1, 0.15) is 30.5 Å². The Labute approximate surface area is 124 Å². The number of hydrogen-bond acceptors (Lipinski definition) is 6. The van der Waals surface area contributed by atoms with Crippen molar-refractivity contribution in [2.24, 2.45) is 0 Å².